The van der Waals surface area contributed by atoms with E-state index in [0.717, 1.165) is 5.56 Å². The molecule has 1 saturated heterocycles. The fourth-order valence-corrected chi connectivity index (χ4v) is 2.68. The number of hydrogen-bond acceptors (Lipinski definition) is 7. The third kappa shape index (κ3) is 5.23. The van der Waals surface area contributed by atoms with Gasteiger partial charge >= 0.3 is 5.97 Å². The van der Waals surface area contributed by atoms with Gasteiger partial charge in [-0.25, -0.2) is 0 Å². The van der Waals surface area contributed by atoms with E-state index in [0.29, 0.717) is 0 Å². The van der Waals surface area contributed by atoms with Crippen molar-refractivity contribution in [3.8, 4) is 0 Å². The normalized spacial score (nSPS) is 29.0. The van der Waals surface area contributed by atoms with Crippen LogP contribution in [0.4, 0.5) is 0 Å². The summed E-state index contributed by atoms with van der Waals surface area (Å²) in [6.07, 6.45) is -4.42. The van der Waals surface area contributed by atoms with Crippen molar-refractivity contribution in [1.82, 2.24) is 5.32 Å². The van der Waals surface area contributed by atoms with Crippen LogP contribution in [0.15, 0.2) is 30.3 Å². The molecule has 1 aliphatic heterocycles. The molecule has 1 fully saturated rings. The summed E-state index contributed by atoms with van der Waals surface area (Å²) in [5.41, 5.74) is 0.878. The minimum atomic E-state index is -1.30. The van der Waals surface area contributed by atoms with Crippen LogP contribution in [-0.2, 0) is 30.4 Å². The Bertz CT molecular complexity index is 580. The van der Waals surface area contributed by atoms with Crippen molar-refractivity contribution >= 4 is 11.9 Å². The van der Waals surface area contributed by atoms with Gasteiger partial charge in [-0.15, -0.1) is 0 Å². The minimum Gasteiger partial charge on any atom is -0.457 e. The largest absolute Gasteiger partial charge is 0.457 e. The molecule has 0 spiro atoms. The van der Waals surface area contributed by atoms with Crippen molar-refractivity contribution in [2.24, 2.45) is 0 Å². The zero-order valence-electron chi connectivity index (χ0n) is 14.1. The van der Waals surface area contributed by atoms with Gasteiger partial charge in [-0.3, -0.25) is 9.59 Å². The van der Waals surface area contributed by atoms with Crippen LogP contribution in [0.2, 0.25) is 0 Å². The average Bonchev–Trinajstić information content (AvgIpc) is 2.57. The van der Waals surface area contributed by atoms with Gasteiger partial charge in [0, 0.05) is 13.8 Å². The third-order valence-electron chi connectivity index (χ3n) is 3.78. The summed E-state index contributed by atoms with van der Waals surface area (Å²) >= 11 is 0. The van der Waals surface area contributed by atoms with E-state index < -0.39 is 49.1 Å². The van der Waals surface area contributed by atoms with Crippen LogP contribution in [0.1, 0.15) is 19.4 Å². The smallest absolute Gasteiger partial charge is 0.303 e. The summed E-state index contributed by atoms with van der Waals surface area (Å²) in [4.78, 5) is 22.9. The molecule has 0 aliphatic carbocycles. The zero-order chi connectivity index (χ0) is 18.4. The monoisotopic (exact) mass is 353 g/mol. The molecular weight excluding hydrogens is 330 g/mol. The van der Waals surface area contributed by atoms with Crippen molar-refractivity contribution in [3.63, 3.8) is 0 Å². The van der Waals surface area contributed by atoms with E-state index in [9.17, 15) is 19.8 Å². The number of amides is 1. The Morgan fingerprint density at radius 3 is 2.48 bits per heavy atom. The Labute approximate surface area is 145 Å². The first kappa shape index (κ1) is 19.3. The number of aliphatic hydroxyl groups excluding tert-OH is 2. The van der Waals surface area contributed by atoms with E-state index in [1.807, 2.05) is 30.3 Å². The molecule has 25 heavy (non-hydrogen) atoms. The Morgan fingerprint density at radius 1 is 1.24 bits per heavy atom. The average molecular weight is 353 g/mol. The Morgan fingerprint density at radius 2 is 1.92 bits per heavy atom. The van der Waals surface area contributed by atoms with Crippen molar-refractivity contribution in [2.75, 3.05) is 6.61 Å². The van der Waals surface area contributed by atoms with Crippen LogP contribution < -0.4 is 5.32 Å². The molecule has 1 aromatic carbocycles. The number of aliphatic hydroxyl groups is 2. The molecule has 0 saturated carbocycles. The number of rotatable bonds is 6. The van der Waals surface area contributed by atoms with Gasteiger partial charge in [-0.2, -0.15) is 0 Å². The number of carbonyl (C=O) groups excluding carboxylic acids is 2. The lowest BCUT2D eigenvalue weighted by Gasteiger charge is -2.43. The van der Waals surface area contributed by atoms with E-state index in [1.54, 1.807) is 0 Å². The first-order valence-electron chi connectivity index (χ1n) is 7.96. The molecule has 0 aromatic heterocycles. The number of benzene rings is 1. The number of esters is 1. The van der Waals surface area contributed by atoms with Crippen LogP contribution in [0, 0.1) is 0 Å². The summed E-state index contributed by atoms with van der Waals surface area (Å²) in [6.45, 7) is 2.18. The second-order valence-corrected chi connectivity index (χ2v) is 5.81. The predicted molar refractivity (Wildman–Crippen MR) is 86.1 cm³/mol. The number of ether oxygens (including phenoxy) is 3. The lowest BCUT2D eigenvalue weighted by molar-refractivity contribution is -0.276. The maximum absolute atomic E-state index is 11.5. The Kier molecular flexibility index (Phi) is 6.89. The second kappa shape index (κ2) is 8.91. The first-order chi connectivity index (χ1) is 11.9. The summed E-state index contributed by atoms with van der Waals surface area (Å²) in [7, 11) is 0. The molecule has 3 N–H and O–H groups in total. The molecule has 8 nitrogen and oxygen atoms in total. The summed E-state index contributed by atoms with van der Waals surface area (Å²) < 4.78 is 16.4. The van der Waals surface area contributed by atoms with Crippen molar-refractivity contribution in [3.05, 3.63) is 35.9 Å². The van der Waals surface area contributed by atoms with E-state index >= 15 is 0 Å². The van der Waals surface area contributed by atoms with Crippen LogP contribution >= 0.6 is 0 Å². The number of carbonyl (C=O) groups is 2. The van der Waals surface area contributed by atoms with Crippen LogP contribution in [0.5, 0.6) is 0 Å². The lowest BCUT2D eigenvalue weighted by Crippen LogP contribution is -2.65. The maximum Gasteiger partial charge on any atom is 0.303 e. The maximum atomic E-state index is 11.5. The van der Waals surface area contributed by atoms with E-state index in [4.69, 9.17) is 14.2 Å². The van der Waals surface area contributed by atoms with Crippen molar-refractivity contribution in [1.29, 1.82) is 0 Å². The highest BCUT2D eigenvalue weighted by Gasteiger charge is 2.48. The molecule has 8 heteroatoms. The molecule has 0 bridgehead atoms. The van der Waals surface area contributed by atoms with Gasteiger partial charge in [0.15, 0.2) is 12.4 Å². The summed E-state index contributed by atoms with van der Waals surface area (Å²) in [5, 5.41) is 22.3. The SMILES string of the molecule is CC(=O)N[C@H]1[C@H](OCc2ccccc2)O[C@H](CO)[C@@H](O)[C@@H]1OC(C)=O. The second-order valence-electron chi connectivity index (χ2n) is 5.81. The Balaban J connectivity index is 2.19. The number of nitrogens with one attached hydrogen (secondary N) is 1. The van der Waals surface area contributed by atoms with E-state index in [1.165, 1.54) is 13.8 Å². The number of hydrogen-bond donors (Lipinski definition) is 3. The zero-order valence-corrected chi connectivity index (χ0v) is 14.1. The third-order valence-corrected chi connectivity index (χ3v) is 3.78. The molecule has 0 unspecified atom stereocenters. The molecule has 2 rings (SSSR count). The highest BCUT2D eigenvalue weighted by atomic mass is 16.7. The molecule has 1 amide bonds. The van der Waals surface area contributed by atoms with Crippen LogP contribution in [0.25, 0.3) is 0 Å². The fraction of sp³-hybridized carbons (Fsp3) is 0.529. The van der Waals surface area contributed by atoms with Crippen molar-refractivity contribution < 1.29 is 34.0 Å². The molecular formula is C17H23NO7. The van der Waals surface area contributed by atoms with Gasteiger partial charge in [0.05, 0.1) is 13.2 Å². The van der Waals surface area contributed by atoms with Gasteiger partial charge in [0.25, 0.3) is 0 Å². The van der Waals surface area contributed by atoms with Crippen molar-refractivity contribution in [2.45, 2.75) is 51.1 Å². The van der Waals surface area contributed by atoms with E-state index in [2.05, 4.69) is 5.32 Å². The quantitative estimate of drug-likeness (QED) is 0.603. The highest BCUT2D eigenvalue weighted by Crippen LogP contribution is 2.25. The van der Waals surface area contributed by atoms with Crippen LogP contribution in [-0.4, -0.2) is 59.3 Å². The first-order valence-corrected chi connectivity index (χ1v) is 7.96. The molecule has 1 aliphatic rings. The molecule has 1 aromatic rings. The van der Waals surface area contributed by atoms with Gasteiger partial charge in [0.2, 0.25) is 5.91 Å². The summed E-state index contributed by atoms with van der Waals surface area (Å²) in [6, 6.07) is 8.38. The summed E-state index contributed by atoms with van der Waals surface area (Å²) in [5.74, 6) is -1.02. The molecule has 1 heterocycles. The van der Waals surface area contributed by atoms with Crippen LogP contribution in [0.3, 0.4) is 0 Å². The Hall–Kier alpha value is -2.00. The van der Waals surface area contributed by atoms with Gasteiger partial charge < -0.3 is 29.7 Å². The molecule has 138 valence electrons. The van der Waals surface area contributed by atoms with Gasteiger partial charge in [-0.1, -0.05) is 30.3 Å². The van der Waals surface area contributed by atoms with E-state index in [-0.39, 0.29) is 6.61 Å². The standard InChI is InChI=1S/C17H23NO7/c1-10(20)18-14-16(24-11(2)21)15(22)13(8-19)25-17(14)23-9-12-6-4-3-5-7-12/h3-7,13-17,19,22H,8-9H2,1-2H3,(H,18,20)/t13-,14-,15-,16-,17-/m1/s1. The lowest BCUT2D eigenvalue weighted by atomic mass is 9.96. The minimum absolute atomic E-state index is 0.183. The predicted octanol–water partition coefficient (Wildman–Crippen LogP) is -0.282. The fourth-order valence-electron chi connectivity index (χ4n) is 2.68. The highest BCUT2D eigenvalue weighted by molar-refractivity contribution is 5.73. The molecule has 0 radical (unpaired) electrons. The molecule has 5 atom stereocenters. The van der Waals surface area contributed by atoms with Gasteiger partial charge in [-0.05, 0) is 5.56 Å². The topological polar surface area (TPSA) is 114 Å². The van der Waals surface area contributed by atoms with Gasteiger partial charge in [0.1, 0.15) is 18.2 Å².